The van der Waals surface area contributed by atoms with Gasteiger partial charge in [-0.25, -0.2) is 0 Å². The van der Waals surface area contributed by atoms with Crippen LogP contribution in [0.15, 0.2) is 30.3 Å². The molecule has 1 aliphatic heterocycles. The van der Waals surface area contributed by atoms with Gasteiger partial charge in [-0.3, -0.25) is 0 Å². The molecule has 0 aromatic heterocycles. The third kappa shape index (κ3) is 1.66. The van der Waals surface area contributed by atoms with Crippen molar-refractivity contribution in [2.24, 2.45) is 22.7 Å². The van der Waals surface area contributed by atoms with Crippen LogP contribution < -0.4 is 0 Å². The smallest absolute Gasteiger partial charge is 0.105 e. The van der Waals surface area contributed by atoms with Crippen LogP contribution in [0.2, 0.25) is 0 Å². The summed E-state index contributed by atoms with van der Waals surface area (Å²) in [6.07, 6.45) is 3.46. The quantitative estimate of drug-likeness (QED) is 0.892. The zero-order valence-electron chi connectivity index (χ0n) is 13.3. The average molecular weight is 286 g/mol. The molecule has 6 atom stereocenters. The van der Waals surface area contributed by atoms with E-state index in [1.807, 2.05) is 30.3 Å². The minimum atomic E-state index is -0.483. The molecule has 1 N–H and O–H groups in total. The summed E-state index contributed by atoms with van der Waals surface area (Å²) in [4.78, 5) is 0. The molecule has 2 saturated carbocycles. The molecule has 1 heterocycles. The first-order valence-corrected chi connectivity index (χ1v) is 8.33. The Morgan fingerprint density at radius 3 is 2.57 bits per heavy atom. The minimum absolute atomic E-state index is 0.0292. The molecule has 21 heavy (non-hydrogen) atoms. The Kier molecular flexibility index (Phi) is 2.84. The van der Waals surface area contributed by atoms with Gasteiger partial charge in [0.2, 0.25) is 0 Å². The predicted octanol–water partition coefficient (Wildman–Crippen LogP) is 3.95. The number of aliphatic hydroxyl groups is 1. The predicted molar refractivity (Wildman–Crippen MR) is 82.8 cm³/mol. The second kappa shape index (κ2) is 4.33. The third-order valence-electron chi connectivity index (χ3n) is 7.23. The van der Waals surface area contributed by atoms with Gasteiger partial charge in [0.15, 0.2) is 0 Å². The van der Waals surface area contributed by atoms with Gasteiger partial charge < -0.3 is 9.84 Å². The zero-order valence-corrected chi connectivity index (χ0v) is 13.3. The number of hydrogen-bond donors (Lipinski definition) is 1. The van der Waals surface area contributed by atoms with Crippen molar-refractivity contribution in [2.75, 3.05) is 0 Å². The van der Waals surface area contributed by atoms with Crippen LogP contribution in [0.3, 0.4) is 0 Å². The van der Waals surface area contributed by atoms with E-state index in [0.717, 1.165) is 17.9 Å². The van der Waals surface area contributed by atoms with Crippen LogP contribution in [-0.2, 0) is 4.74 Å². The van der Waals surface area contributed by atoms with Gasteiger partial charge in [0.25, 0.3) is 0 Å². The van der Waals surface area contributed by atoms with Gasteiger partial charge in [0.05, 0.1) is 12.2 Å². The monoisotopic (exact) mass is 286 g/mol. The highest BCUT2D eigenvalue weighted by Crippen LogP contribution is 2.71. The maximum absolute atomic E-state index is 10.7. The molecule has 3 fully saturated rings. The van der Waals surface area contributed by atoms with Gasteiger partial charge in [0.1, 0.15) is 6.10 Å². The number of hydrogen-bond acceptors (Lipinski definition) is 2. The van der Waals surface area contributed by atoms with E-state index >= 15 is 0 Å². The second-order valence-electron chi connectivity index (χ2n) is 8.13. The van der Waals surface area contributed by atoms with Gasteiger partial charge in [0, 0.05) is 0 Å². The Morgan fingerprint density at radius 2 is 1.90 bits per heavy atom. The number of ether oxygens (including phenoxy) is 1. The summed E-state index contributed by atoms with van der Waals surface area (Å²) >= 11 is 0. The first-order chi connectivity index (χ1) is 9.95. The van der Waals surface area contributed by atoms with Crippen molar-refractivity contribution in [2.45, 2.75) is 58.3 Å². The molecule has 1 unspecified atom stereocenters. The Hall–Kier alpha value is -0.860. The summed E-state index contributed by atoms with van der Waals surface area (Å²) in [6, 6.07) is 9.97. The second-order valence-corrected chi connectivity index (χ2v) is 8.13. The molecule has 4 rings (SSSR count). The van der Waals surface area contributed by atoms with Gasteiger partial charge in [-0.05, 0) is 47.5 Å². The molecular weight excluding hydrogens is 260 g/mol. The van der Waals surface area contributed by atoms with Crippen LogP contribution in [0.25, 0.3) is 0 Å². The molecule has 2 aliphatic carbocycles. The molecule has 114 valence electrons. The van der Waals surface area contributed by atoms with Crippen LogP contribution >= 0.6 is 0 Å². The van der Waals surface area contributed by atoms with Crippen molar-refractivity contribution in [1.82, 2.24) is 0 Å². The Morgan fingerprint density at radius 1 is 1.19 bits per heavy atom. The Bertz CT molecular complexity index is 538. The maximum atomic E-state index is 10.7. The molecule has 1 aromatic rings. The number of rotatable bonds is 2. The molecular formula is C19H26O2. The number of fused-ring (bicyclic) bond motifs is 5. The highest BCUT2D eigenvalue weighted by atomic mass is 16.5. The van der Waals surface area contributed by atoms with Crippen molar-refractivity contribution < 1.29 is 9.84 Å². The zero-order chi connectivity index (χ0) is 14.8. The summed E-state index contributed by atoms with van der Waals surface area (Å²) in [7, 11) is 0. The van der Waals surface area contributed by atoms with Gasteiger partial charge in [-0.2, -0.15) is 0 Å². The molecule has 3 aliphatic rings. The number of benzene rings is 1. The molecule has 0 amide bonds. The normalized spacial score (nSPS) is 44.8. The van der Waals surface area contributed by atoms with Crippen molar-refractivity contribution in [1.29, 1.82) is 0 Å². The number of aliphatic hydroxyl groups excluding tert-OH is 1. The van der Waals surface area contributed by atoms with E-state index in [0.29, 0.717) is 17.4 Å². The van der Waals surface area contributed by atoms with E-state index in [-0.39, 0.29) is 11.5 Å². The van der Waals surface area contributed by atoms with Crippen LogP contribution in [0.4, 0.5) is 0 Å². The summed E-state index contributed by atoms with van der Waals surface area (Å²) in [6.45, 7) is 7.26. The van der Waals surface area contributed by atoms with Gasteiger partial charge >= 0.3 is 0 Å². The first kappa shape index (κ1) is 13.8. The average Bonchev–Trinajstić information content (AvgIpc) is 3.05. The molecule has 2 nitrogen and oxygen atoms in total. The van der Waals surface area contributed by atoms with Crippen molar-refractivity contribution in [3.8, 4) is 0 Å². The van der Waals surface area contributed by atoms with E-state index in [1.54, 1.807) is 0 Å². The topological polar surface area (TPSA) is 29.5 Å². The molecule has 0 radical (unpaired) electrons. The summed E-state index contributed by atoms with van der Waals surface area (Å²) in [5.74, 6) is 1.41. The highest BCUT2D eigenvalue weighted by Gasteiger charge is 2.69. The van der Waals surface area contributed by atoms with E-state index in [4.69, 9.17) is 4.74 Å². The third-order valence-corrected chi connectivity index (χ3v) is 7.23. The van der Waals surface area contributed by atoms with Crippen molar-refractivity contribution in [3.63, 3.8) is 0 Å². The Balaban J connectivity index is 1.58. The van der Waals surface area contributed by atoms with E-state index in [9.17, 15) is 5.11 Å². The van der Waals surface area contributed by atoms with Gasteiger partial charge in [-0.1, -0.05) is 51.1 Å². The van der Waals surface area contributed by atoms with Crippen molar-refractivity contribution in [3.05, 3.63) is 35.9 Å². The van der Waals surface area contributed by atoms with Crippen LogP contribution in [-0.4, -0.2) is 17.3 Å². The molecule has 1 saturated heterocycles. The van der Waals surface area contributed by atoms with Crippen LogP contribution in [0.5, 0.6) is 0 Å². The SMILES string of the molecule is CC1(C)[C@@H]2CC[C@@]1(C)[C@@H]1O[C@@H](C(O)c3ccccc3)C[C@H]21. The minimum Gasteiger partial charge on any atom is -0.386 e. The fourth-order valence-electron chi connectivity index (χ4n) is 5.62. The van der Waals surface area contributed by atoms with Crippen LogP contribution in [0, 0.1) is 22.7 Å². The van der Waals surface area contributed by atoms with E-state index in [1.165, 1.54) is 12.8 Å². The lowest BCUT2D eigenvalue weighted by Crippen LogP contribution is -2.38. The summed E-state index contributed by atoms with van der Waals surface area (Å²) in [5, 5.41) is 10.7. The highest BCUT2D eigenvalue weighted by molar-refractivity contribution is 5.22. The van der Waals surface area contributed by atoms with E-state index < -0.39 is 6.10 Å². The molecule has 2 bridgehead atoms. The van der Waals surface area contributed by atoms with Crippen molar-refractivity contribution >= 4 is 0 Å². The molecule has 1 aromatic carbocycles. The van der Waals surface area contributed by atoms with E-state index in [2.05, 4.69) is 20.8 Å². The maximum Gasteiger partial charge on any atom is 0.105 e. The molecule has 0 spiro atoms. The molecule has 2 heteroatoms. The van der Waals surface area contributed by atoms with Gasteiger partial charge in [-0.15, -0.1) is 0 Å². The lowest BCUT2D eigenvalue weighted by molar-refractivity contribution is -0.0918. The summed E-state index contributed by atoms with van der Waals surface area (Å²) < 4.78 is 6.42. The first-order valence-electron chi connectivity index (χ1n) is 8.33. The lowest BCUT2D eigenvalue weighted by Gasteiger charge is -2.39. The fourth-order valence-corrected chi connectivity index (χ4v) is 5.62. The lowest BCUT2D eigenvalue weighted by atomic mass is 9.70. The summed E-state index contributed by atoms with van der Waals surface area (Å²) in [5.41, 5.74) is 1.65. The Labute approximate surface area is 127 Å². The largest absolute Gasteiger partial charge is 0.386 e. The van der Waals surface area contributed by atoms with Crippen LogP contribution in [0.1, 0.15) is 51.7 Å². The standard InChI is InChI=1S/C19H26O2/c1-18(2)14-9-10-19(18,3)17-13(14)11-15(21-17)16(20)12-7-5-4-6-8-12/h4-8,13-17,20H,9-11H2,1-3H3/t13-,14-,15-,16?,17-,19+/m1/s1. The fraction of sp³-hybridized carbons (Fsp3) is 0.684.